The van der Waals surface area contributed by atoms with Crippen molar-refractivity contribution in [1.29, 1.82) is 0 Å². The normalized spacial score (nSPS) is 15.4. The highest BCUT2D eigenvalue weighted by atomic mass is 16.5. The van der Waals surface area contributed by atoms with Crippen molar-refractivity contribution >= 4 is 11.8 Å². The van der Waals surface area contributed by atoms with E-state index in [2.05, 4.69) is 5.16 Å². The van der Waals surface area contributed by atoms with E-state index in [9.17, 15) is 4.79 Å². The average Bonchev–Trinajstić information content (AvgIpc) is 2.99. The maximum Gasteiger partial charge on any atom is 0.225 e. The minimum atomic E-state index is 0.195. The molecule has 0 aliphatic carbocycles. The summed E-state index contributed by atoms with van der Waals surface area (Å²) in [6.07, 6.45) is 2.99. The number of methoxy groups -OCH3 is 1. The molecule has 1 aliphatic rings. The van der Waals surface area contributed by atoms with E-state index in [1.54, 1.807) is 7.11 Å². The van der Waals surface area contributed by atoms with Gasteiger partial charge in [0.2, 0.25) is 11.8 Å². The summed E-state index contributed by atoms with van der Waals surface area (Å²) < 4.78 is 10.4. The molecule has 2 heterocycles. The zero-order valence-corrected chi connectivity index (χ0v) is 14.8. The Morgan fingerprint density at radius 2 is 2.08 bits per heavy atom. The lowest BCUT2D eigenvalue weighted by molar-refractivity contribution is -0.132. The molecule has 0 radical (unpaired) electrons. The fourth-order valence-corrected chi connectivity index (χ4v) is 3.45. The van der Waals surface area contributed by atoms with Crippen LogP contribution in [0.15, 0.2) is 28.8 Å². The number of benzene rings is 1. The summed E-state index contributed by atoms with van der Waals surface area (Å²) in [4.78, 5) is 14.5. The maximum atomic E-state index is 12.5. The van der Waals surface area contributed by atoms with E-state index in [0.29, 0.717) is 24.6 Å². The number of piperidine rings is 1. The van der Waals surface area contributed by atoms with Gasteiger partial charge in [-0.2, -0.15) is 0 Å². The van der Waals surface area contributed by atoms with Gasteiger partial charge in [0.15, 0.2) is 0 Å². The second-order valence-corrected chi connectivity index (χ2v) is 6.52. The van der Waals surface area contributed by atoms with Crippen LogP contribution in [0.2, 0.25) is 0 Å². The maximum absolute atomic E-state index is 12.5. The predicted octanol–water partition coefficient (Wildman–Crippen LogP) is 2.91. The highest BCUT2D eigenvalue weighted by molar-refractivity contribution is 5.76. The number of likely N-dealkylation sites (tertiary alicyclic amines) is 1. The largest absolute Gasteiger partial charge is 0.496 e. The third-order valence-corrected chi connectivity index (χ3v) is 5.03. The van der Waals surface area contributed by atoms with Gasteiger partial charge in [0.1, 0.15) is 5.75 Å². The molecule has 1 aromatic carbocycles. The predicted molar refractivity (Wildman–Crippen MR) is 95.5 cm³/mol. The van der Waals surface area contributed by atoms with Crippen LogP contribution in [0.25, 0.3) is 0 Å². The van der Waals surface area contributed by atoms with Crippen molar-refractivity contribution in [2.24, 2.45) is 0 Å². The summed E-state index contributed by atoms with van der Waals surface area (Å²) >= 11 is 0. The molecule has 1 aliphatic heterocycles. The van der Waals surface area contributed by atoms with E-state index in [1.807, 2.05) is 36.1 Å². The van der Waals surface area contributed by atoms with Crippen LogP contribution in [0, 0.1) is 6.92 Å². The summed E-state index contributed by atoms with van der Waals surface area (Å²) in [5.41, 5.74) is 8.68. The van der Waals surface area contributed by atoms with E-state index < -0.39 is 0 Å². The number of carbonyl (C=O) groups excluding carboxylic acids is 1. The fraction of sp³-hybridized carbons (Fsp3) is 0.474. The molecule has 2 N–H and O–H groups in total. The standard InChI is InChI=1S/C19H25N3O3/c1-13-18(21-25-19(13)20)15-9-11-22(12-10-15)17(23)8-7-14-5-3-4-6-16(14)24-2/h3-6,15H,7-12,20H2,1-2H3. The Hall–Kier alpha value is -2.50. The van der Waals surface area contributed by atoms with Gasteiger partial charge < -0.3 is 19.9 Å². The van der Waals surface area contributed by atoms with Crippen LogP contribution >= 0.6 is 0 Å². The molecule has 1 aromatic heterocycles. The number of rotatable bonds is 5. The van der Waals surface area contributed by atoms with Crippen LogP contribution in [0.1, 0.15) is 42.0 Å². The molecule has 3 rings (SSSR count). The Kier molecular flexibility index (Phi) is 5.26. The Labute approximate surface area is 147 Å². The number of nitrogens with two attached hydrogens (primary N) is 1. The number of carbonyl (C=O) groups is 1. The van der Waals surface area contributed by atoms with Gasteiger partial charge in [-0.05, 0) is 37.8 Å². The Morgan fingerprint density at radius 1 is 1.36 bits per heavy atom. The van der Waals surface area contributed by atoms with Gasteiger partial charge in [-0.15, -0.1) is 0 Å². The minimum Gasteiger partial charge on any atom is -0.496 e. The number of aryl methyl sites for hydroxylation is 1. The molecular formula is C19H25N3O3. The number of amides is 1. The lowest BCUT2D eigenvalue weighted by atomic mass is 9.91. The molecule has 0 bridgehead atoms. The van der Waals surface area contributed by atoms with Crippen molar-refractivity contribution < 1.29 is 14.1 Å². The number of para-hydroxylation sites is 1. The van der Waals surface area contributed by atoms with Crippen LogP contribution in [0.3, 0.4) is 0 Å². The van der Waals surface area contributed by atoms with Crippen molar-refractivity contribution in [2.45, 2.75) is 38.5 Å². The first-order valence-corrected chi connectivity index (χ1v) is 8.71. The number of hydrogen-bond acceptors (Lipinski definition) is 5. The molecule has 6 heteroatoms. The van der Waals surface area contributed by atoms with Crippen LogP contribution < -0.4 is 10.5 Å². The molecule has 2 aromatic rings. The highest BCUT2D eigenvalue weighted by Gasteiger charge is 2.27. The molecule has 1 saturated heterocycles. The molecule has 134 valence electrons. The van der Waals surface area contributed by atoms with Gasteiger partial charge in [0.05, 0.1) is 12.8 Å². The van der Waals surface area contributed by atoms with Crippen molar-refractivity contribution in [2.75, 3.05) is 25.9 Å². The summed E-state index contributed by atoms with van der Waals surface area (Å²) in [6.45, 7) is 3.44. The zero-order chi connectivity index (χ0) is 17.8. The third-order valence-electron chi connectivity index (χ3n) is 5.03. The van der Waals surface area contributed by atoms with E-state index in [4.69, 9.17) is 15.0 Å². The van der Waals surface area contributed by atoms with Crippen LogP contribution in [-0.4, -0.2) is 36.2 Å². The fourth-order valence-electron chi connectivity index (χ4n) is 3.45. The highest BCUT2D eigenvalue weighted by Crippen LogP contribution is 2.31. The van der Waals surface area contributed by atoms with Gasteiger partial charge in [0, 0.05) is 31.0 Å². The summed E-state index contributed by atoms with van der Waals surface area (Å²) in [5, 5.41) is 4.09. The third kappa shape index (κ3) is 3.78. The summed E-state index contributed by atoms with van der Waals surface area (Å²) in [6, 6.07) is 7.85. The molecule has 6 nitrogen and oxygen atoms in total. The van der Waals surface area contributed by atoms with E-state index in [1.165, 1.54) is 0 Å². The topological polar surface area (TPSA) is 81.6 Å². The number of ether oxygens (including phenoxy) is 1. The molecular weight excluding hydrogens is 318 g/mol. The second-order valence-electron chi connectivity index (χ2n) is 6.52. The van der Waals surface area contributed by atoms with Gasteiger partial charge >= 0.3 is 0 Å². The van der Waals surface area contributed by atoms with Gasteiger partial charge in [0.25, 0.3) is 0 Å². The number of anilines is 1. The van der Waals surface area contributed by atoms with Gasteiger partial charge in [-0.25, -0.2) is 0 Å². The summed E-state index contributed by atoms with van der Waals surface area (Å²) in [7, 11) is 1.66. The van der Waals surface area contributed by atoms with Gasteiger partial charge in [-0.3, -0.25) is 4.79 Å². The van der Waals surface area contributed by atoms with Crippen LogP contribution in [-0.2, 0) is 11.2 Å². The van der Waals surface area contributed by atoms with Crippen LogP contribution in [0.5, 0.6) is 5.75 Å². The Morgan fingerprint density at radius 3 is 2.72 bits per heavy atom. The number of hydrogen-bond donors (Lipinski definition) is 1. The van der Waals surface area contributed by atoms with E-state index in [-0.39, 0.29) is 5.91 Å². The van der Waals surface area contributed by atoms with Crippen molar-refractivity contribution in [1.82, 2.24) is 10.1 Å². The Balaban J connectivity index is 1.52. The monoisotopic (exact) mass is 343 g/mol. The minimum absolute atomic E-state index is 0.195. The quantitative estimate of drug-likeness (QED) is 0.903. The molecule has 0 atom stereocenters. The number of nitrogen functional groups attached to an aromatic ring is 1. The lowest BCUT2D eigenvalue weighted by Crippen LogP contribution is -2.38. The average molecular weight is 343 g/mol. The number of nitrogens with zero attached hydrogens (tertiary/aromatic N) is 2. The van der Waals surface area contributed by atoms with Crippen molar-refractivity contribution in [3.05, 3.63) is 41.1 Å². The van der Waals surface area contributed by atoms with Crippen molar-refractivity contribution in [3.8, 4) is 5.75 Å². The summed E-state index contributed by atoms with van der Waals surface area (Å²) in [5.74, 6) is 1.75. The molecule has 0 unspecified atom stereocenters. The molecule has 1 fully saturated rings. The first-order chi connectivity index (χ1) is 12.1. The zero-order valence-electron chi connectivity index (χ0n) is 14.8. The van der Waals surface area contributed by atoms with E-state index >= 15 is 0 Å². The SMILES string of the molecule is COc1ccccc1CCC(=O)N1CCC(c2noc(N)c2C)CC1. The second kappa shape index (κ2) is 7.59. The Bertz CT molecular complexity index is 733. The van der Waals surface area contributed by atoms with E-state index in [0.717, 1.165) is 48.5 Å². The first kappa shape index (κ1) is 17.3. The molecule has 25 heavy (non-hydrogen) atoms. The molecule has 1 amide bonds. The molecule has 0 saturated carbocycles. The van der Waals surface area contributed by atoms with Crippen LogP contribution in [0.4, 0.5) is 5.88 Å². The molecule has 0 spiro atoms. The van der Waals surface area contributed by atoms with Gasteiger partial charge in [-0.1, -0.05) is 23.4 Å². The van der Waals surface area contributed by atoms with Crippen molar-refractivity contribution in [3.63, 3.8) is 0 Å². The smallest absolute Gasteiger partial charge is 0.225 e. The lowest BCUT2D eigenvalue weighted by Gasteiger charge is -2.31. The first-order valence-electron chi connectivity index (χ1n) is 8.71. The number of aromatic nitrogens is 1.